The van der Waals surface area contributed by atoms with Crippen LogP contribution in [-0.4, -0.2) is 17.0 Å². The van der Waals surface area contributed by atoms with E-state index >= 15 is 0 Å². The topological polar surface area (TPSA) is 46.2 Å². The number of ketones is 1. The maximum absolute atomic E-state index is 11.6. The molecule has 16 heavy (non-hydrogen) atoms. The lowest BCUT2D eigenvalue weighted by Gasteiger charge is -2.03. The molecule has 0 unspecified atom stereocenters. The molecule has 0 atom stereocenters. The normalized spacial score (nSPS) is 12.9. The number of anilines is 1. The second-order valence-corrected chi connectivity index (χ2v) is 3.96. The van der Waals surface area contributed by atoms with Gasteiger partial charge in [0.1, 0.15) is 0 Å². The summed E-state index contributed by atoms with van der Waals surface area (Å²) < 4.78 is 0. The Morgan fingerprint density at radius 1 is 1.38 bits per heavy atom. The number of hydrogen-bond acceptors (Lipinski definition) is 2. The van der Waals surface area contributed by atoms with Gasteiger partial charge in [0, 0.05) is 5.56 Å². The van der Waals surface area contributed by atoms with Gasteiger partial charge in [-0.3, -0.25) is 9.59 Å². The Morgan fingerprint density at radius 3 is 2.81 bits per heavy atom. The number of amides is 1. The zero-order chi connectivity index (χ0) is 11.7. The number of benzene rings is 1. The van der Waals surface area contributed by atoms with Crippen molar-refractivity contribution < 1.29 is 9.59 Å². The van der Waals surface area contributed by atoms with Gasteiger partial charge in [0.25, 0.3) is 11.7 Å². The molecule has 4 heteroatoms. The van der Waals surface area contributed by atoms with Gasteiger partial charge in [-0.05, 0) is 18.6 Å². The first kappa shape index (κ1) is 10.9. The van der Waals surface area contributed by atoms with Gasteiger partial charge in [0.15, 0.2) is 0 Å². The monoisotopic (exact) mass is 277 g/mol. The first-order valence-corrected chi connectivity index (χ1v) is 5.81. The van der Waals surface area contributed by atoms with Gasteiger partial charge in [-0.2, -0.15) is 0 Å². The molecule has 1 aliphatic rings. The molecule has 0 saturated carbocycles. The Kier molecular flexibility index (Phi) is 2.80. The zero-order valence-electron chi connectivity index (χ0n) is 8.56. The summed E-state index contributed by atoms with van der Waals surface area (Å²) in [5.74, 6) is 4.67. The molecule has 1 aromatic carbocycles. The van der Waals surface area contributed by atoms with E-state index in [1.807, 2.05) is 13.0 Å². The van der Waals surface area contributed by atoms with Crippen molar-refractivity contribution in [1.29, 1.82) is 0 Å². The van der Waals surface area contributed by atoms with Crippen LogP contribution in [-0.2, 0) is 4.79 Å². The third kappa shape index (κ3) is 1.63. The highest BCUT2D eigenvalue weighted by molar-refractivity contribution is 9.09. The molecule has 0 aliphatic carbocycles. The predicted octanol–water partition coefficient (Wildman–Crippen LogP) is 1.88. The molecule has 1 heterocycles. The van der Waals surface area contributed by atoms with Crippen LogP contribution in [0.4, 0.5) is 5.69 Å². The number of Topliss-reactive ketones (excluding diaryl/α,β-unsaturated/α-hetero) is 1. The van der Waals surface area contributed by atoms with E-state index in [1.54, 1.807) is 6.07 Å². The second kappa shape index (κ2) is 4.11. The van der Waals surface area contributed by atoms with Gasteiger partial charge in [-0.25, -0.2) is 0 Å². The smallest absolute Gasteiger partial charge is 0.296 e. The minimum atomic E-state index is -0.581. The number of rotatable bonds is 0. The minimum absolute atomic E-state index is 0.401. The van der Waals surface area contributed by atoms with Crippen molar-refractivity contribution in [1.82, 2.24) is 0 Å². The number of nitrogens with one attached hydrogen (secondary N) is 1. The van der Waals surface area contributed by atoms with Crippen LogP contribution < -0.4 is 5.32 Å². The van der Waals surface area contributed by atoms with E-state index in [-0.39, 0.29) is 0 Å². The minimum Gasteiger partial charge on any atom is -0.318 e. The summed E-state index contributed by atoms with van der Waals surface area (Å²) in [5.41, 5.74) is 2.50. The van der Waals surface area contributed by atoms with Gasteiger partial charge < -0.3 is 5.32 Å². The van der Waals surface area contributed by atoms with Gasteiger partial charge in [0.2, 0.25) is 0 Å². The summed E-state index contributed by atoms with van der Waals surface area (Å²) in [7, 11) is 0. The Labute approximate surface area is 101 Å². The fraction of sp³-hybridized carbons (Fsp3) is 0.167. The van der Waals surface area contributed by atoms with Crippen molar-refractivity contribution in [2.45, 2.75) is 6.92 Å². The highest BCUT2D eigenvalue weighted by atomic mass is 79.9. The molecule has 0 radical (unpaired) electrons. The van der Waals surface area contributed by atoms with E-state index in [0.717, 1.165) is 5.56 Å². The largest absolute Gasteiger partial charge is 0.318 e. The third-order valence-corrected chi connectivity index (χ3v) is 2.66. The molecule has 1 N–H and O–H groups in total. The van der Waals surface area contributed by atoms with E-state index in [0.29, 0.717) is 22.1 Å². The fourth-order valence-corrected chi connectivity index (χ4v) is 1.76. The van der Waals surface area contributed by atoms with Crippen molar-refractivity contribution in [3.63, 3.8) is 0 Å². The van der Waals surface area contributed by atoms with Crippen molar-refractivity contribution in [3.8, 4) is 11.8 Å². The van der Waals surface area contributed by atoms with Gasteiger partial charge in [-0.1, -0.05) is 33.8 Å². The van der Waals surface area contributed by atoms with Crippen LogP contribution in [0.25, 0.3) is 0 Å². The summed E-state index contributed by atoms with van der Waals surface area (Å²) in [6.07, 6.45) is 0. The maximum Gasteiger partial charge on any atom is 0.296 e. The highest BCUT2D eigenvalue weighted by Gasteiger charge is 2.30. The molecule has 0 saturated heterocycles. The molecule has 0 fully saturated rings. The Bertz CT molecular complexity index is 552. The molecular weight excluding hydrogens is 270 g/mol. The average molecular weight is 278 g/mol. The van der Waals surface area contributed by atoms with Crippen LogP contribution in [0.5, 0.6) is 0 Å². The van der Waals surface area contributed by atoms with E-state index in [2.05, 4.69) is 33.1 Å². The van der Waals surface area contributed by atoms with Crippen LogP contribution in [0.2, 0.25) is 0 Å². The third-order valence-electron chi connectivity index (χ3n) is 2.38. The lowest BCUT2D eigenvalue weighted by molar-refractivity contribution is -0.112. The van der Waals surface area contributed by atoms with Crippen LogP contribution >= 0.6 is 15.9 Å². The van der Waals surface area contributed by atoms with E-state index in [9.17, 15) is 9.59 Å². The summed E-state index contributed by atoms with van der Waals surface area (Å²) in [5, 5.41) is 3.06. The maximum atomic E-state index is 11.6. The Balaban J connectivity index is 2.66. The number of aryl methyl sites for hydroxylation is 1. The highest BCUT2D eigenvalue weighted by Crippen LogP contribution is 2.28. The standard InChI is InChI=1S/C12H8BrNO2/c1-7-4-5-9-10(8(7)3-2-6-13)11(15)12(16)14-9/h4-5H,6H2,1H3,(H,14,15,16). The van der Waals surface area contributed by atoms with Crippen molar-refractivity contribution in [3.05, 3.63) is 28.8 Å². The van der Waals surface area contributed by atoms with Crippen molar-refractivity contribution in [2.75, 3.05) is 10.6 Å². The molecule has 0 aromatic heterocycles. The van der Waals surface area contributed by atoms with Gasteiger partial charge in [0.05, 0.1) is 16.6 Å². The van der Waals surface area contributed by atoms with Crippen molar-refractivity contribution >= 4 is 33.3 Å². The number of fused-ring (bicyclic) bond motifs is 1. The molecule has 80 valence electrons. The molecule has 1 aromatic rings. The van der Waals surface area contributed by atoms with Gasteiger partial charge in [-0.15, -0.1) is 0 Å². The molecule has 0 bridgehead atoms. The van der Waals surface area contributed by atoms with Crippen molar-refractivity contribution in [2.24, 2.45) is 0 Å². The molecule has 0 spiro atoms. The molecule has 1 aliphatic heterocycles. The molecule has 3 nitrogen and oxygen atoms in total. The Hall–Kier alpha value is -1.60. The summed E-state index contributed by atoms with van der Waals surface area (Å²) in [6, 6.07) is 3.57. The number of carbonyl (C=O) groups excluding carboxylic acids is 2. The molecule has 1 amide bonds. The number of carbonyl (C=O) groups is 2. The van der Waals surface area contributed by atoms with E-state index in [4.69, 9.17) is 0 Å². The first-order valence-electron chi connectivity index (χ1n) is 4.69. The quantitative estimate of drug-likeness (QED) is 0.447. The lowest BCUT2D eigenvalue weighted by Crippen LogP contribution is -2.13. The summed E-state index contributed by atoms with van der Waals surface area (Å²) >= 11 is 3.20. The number of alkyl halides is 1. The number of hydrogen-bond donors (Lipinski definition) is 1. The zero-order valence-corrected chi connectivity index (χ0v) is 10.1. The predicted molar refractivity (Wildman–Crippen MR) is 64.8 cm³/mol. The fourth-order valence-electron chi connectivity index (χ4n) is 1.62. The molecular formula is C12H8BrNO2. The van der Waals surface area contributed by atoms with E-state index in [1.165, 1.54) is 0 Å². The first-order chi connectivity index (χ1) is 7.65. The SMILES string of the molecule is Cc1ccc2c(c1C#CCBr)C(=O)C(=O)N2. The van der Waals surface area contributed by atoms with Crippen LogP contribution in [0.15, 0.2) is 12.1 Å². The number of halogens is 1. The lowest BCUT2D eigenvalue weighted by atomic mass is 9.99. The second-order valence-electron chi connectivity index (χ2n) is 3.40. The Morgan fingerprint density at radius 2 is 2.12 bits per heavy atom. The van der Waals surface area contributed by atoms with E-state index < -0.39 is 11.7 Å². The summed E-state index contributed by atoms with van der Waals surface area (Å²) in [6.45, 7) is 1.87. The van der Waals surface area contributed by atoms with Crippen LogP contribution in [0.3, 0.4) is 0 Å². The van der Waals surface area contributed by atoms with Crippen LogP contribution in [0, 0.1) is 18.8 Å². The molecule has 2 rings (SSSR count). The summed E-state index contributed by atoms with van der Waals surface area (Å²) in [4.78, 5) is 22.9. The van der Waals surface area contributed by atoms with Gasteiger partial charge >= 0.3 is 0 Å². The average Bonchev–Trinajstić information content (AvgIpc) is 2.55. The van der Waals surface area contributed by atoms with Crippen LogP contribution in [0.1, 0.15) is 21.5 Å².